The van der Waals surface area contributed by atoms with E-state index < -0.39 is 34.3 Å². The summed E-state index contributed by atoms with van der Waals surface area (Å²) in [5, 5.41) is 11.2. The highest BCUT2D eigenvalue weighted by Crippen LogP contribution is 2.52. The monoisotopic (exact) mass is 489 g/mol. The molecule has 5 rings (SSSR count). The van der Waals surface area contributed by atoms with E-state index in [-0.39, 0.29) is 16.7 Å². The molecular formula is C25H22F3NO4S. The highest BCUT2D eigenvalue weighted by molar-refractivity contribution is 7.89. The Morgan fingerprint density at radius 1 is 0.853 bits per heavy atom. The van der Waals surface area contributed by atoms with E-state index in [0.29, 0.717) is 12.8 Å². The van der Waals surface area contributed by atoms with Crippen LogP contribution in [0, 0.1) is 5.92 Å². The highest BCUT2D eigenvalue weighted by atomic mass is 32.2. The predicted molar refractivity (Wildman–Crippen MR) is 120 cm³/mol. The van der Waals surface area contributed by atoms with Crippen LogP contribution in [-0.4, -0.2) is 32.0 Å². The fourth-order valence-electron chi connectivity index (χ4n) is 5.25. The standard InChI is InChI=1S/C25H22F3NO4S/c26-25(27,28)33-15-9-11-16(12-10-15)34(31,32)29-22-14-13-21(24(22)30)23-19-7-3-1-5-17(19)18-6-2-4-8-20(18)23/h1-12,21-24,29-30H,13-14H2/t21?,22-,24-/m1/s1. The Labute approximate surface area is 195 Å². The van der Waals surface area contributed by atoms with Crippen molar-refractivity contribution in [2.24, 2.45) is 5.92 Å². The zero-order chi connectivity index (χ0) is 24.1. The topological polar surface area (TPSA) is 75.6 Å². The highest BCUT2D eigenvalue weighted by Gasteiger charge is 2.45. The number of fused-ring (bicyclic) bond motifs is 3. The van der Waals surface area contributed by atoms with E-state index >= 15 is 0 Å². The number of benzene rings is 3. The quantitative estimate of drug-likeness (QED) is 0.539. The van der Waals surface area contributed by atoms with Gasteiger partial charge in [-0.1, -0.05) is 48.5 Å². The van der Waals surface area contributed by atoms with Gasteiger partial charge in [0.05, 0.1) is 11.0 Å². The molecule has 3 aromatic carbocycles. The van der Waals surface area contributed by atoms with E-state index in [1.165, 1.54) is 0 Å². The number of hydrogen-bond acceptors (Lipinski definition) is 4. The van der Waals surface area contributed by atoms with Gasteiger partial charge in [0, 0.05) is 12.0 Å². The maximum Gasteiger partial charge on any atom is 0.573 e. The van der Waals surface area contributed by atoms with Crippen molar-refractivity contribution in [2.45, 2.75) is 42.2 Å². The third-order valence-corrected chi connectivity index (χ3v) is 8.15. The van der Waals surface area contributed by atoms with Crippen LogP contribution in [0.15, 0.2) is 77.7 Å². The van der Waals surface area contributed by atoms with Crippen molar-refractivity contribution in [3.63, 3.8) is 0 Å². The predicted octanol–water partition coefficient (Wildman–Crippen LogP) is 4.82. The van der Waals surface area contributed by atoms with Gasteiger partial charge in [0.25, 0.3) is 0 Å². The molecule has 2 aliphatic rings. The molecule has 34 heavy (non-hydrogen) atoms. The van der Waals surface area contributed by atoms with Crippen LogP contribution in [0.25, 0.3) is 11.1 Å². The molecule has 0 saturated heterocycles. The van der Waals surface area contributed by atoms with Crippen molar-refractivity contribution in [2.75, 3.05) is 0 Å². The largest absolute Gasteiger partial charge is 0.573 e. The Morgan fingerprint density at radius 2 is 1.41 bits per heavy atom. The minimum absolute atomic E-state index is 0.0456. The van der Waals surface area contributed by atoms with Crippen LogP contribution in [0.5, 0.6) is 5.75 Å². The molecule has 3 aromatic rings. The summed E-state index contributed by atoms with van der Waals surface area (Å²) in [6, 6.07) is 19.4. The van der Waals surface area contributed by atoms with Crippen LogP contribution in [0.1, 0.15) is 29.9 Å². The summed E-state index contributed by atoms with van der Waals surface area (Å²) in [4.78, 5) is -0.200. The van der Waals surface area contributed by atoms with Crippen LogP contribution in [0.4, 0.5) is 13.2 Å². The third-order valence-electron chi connectivity index (χ3n) is 6.65. The van der Waals surface area contributed by atoms with Crippen LogP contribution >= 0.6 is 0 Å². The first-order valence-corrected chi connectivity index (χ1v) is 12.4. The molecule has 3 atom stereocenters. The third kappa shape index (κ3) is 4.19. The van der Waals surface area contributed by atoms with Crippen molar-refractivity contribution >= 4 is 10.0 Å². The summed E-state index contributed by atoms with van der Waals surface area (Å²) in [6.45, 7) is 0. The van der Waals surface area contributed by atoms with E-state index in [4.69, 9.17) is 0 Å². The second-order valence-electron chi connectivity index (χ2n) is 8.63. The molecule has 0 radical (unpaired) electrons. The first kappa shape index (κ1) is 22.9. The Bertz CT molecular complexity index is 1260. The average Bonchev–Trinajstić information content (AvgIpc) is 3.30. The minimum Gasteiger partial charge on any atom is -0.406 e. The Kier molecular flexibility index (Phi) is 5.66. The van der Waals surface area contributed by atoms with Gasteiger partial charge in [-0.3, -0.25) is 0 Å². The molecule has 0 amide bonds. The maximum atomic E-state index is 12.9. The molecule has 1 saturated carbocycles. The summed E-state index contributed by atoms with van der Waals surface area (Å²) >= 11 is 0. The summed E-state index contributed by atoms with van der Waals surface area (Å²) in [5.41, 5.74) is 4.49. The van der Waals surface area contributed by atoms with Gasteiger partial charge < -0.3 is 9.84 Å². The molecule has 2 aliphatic carbocycles. The summed E-state index contributed by atoms with van der Waals surface area (Å²) in [5.74, 6) is -0.734. The molecule has 1 unspecified atom stereocenters. The van der Waals surface area contributed by atoms with Crippen LogP contribution in [-0.2, 0) is 10.0 Å². The Morgan fingerprint density at radius 3 is 1.97 bits per heavy atom. The number of sulfonamides is 1. The van der Waals surface area contributed by atoms with Gasteiger partial charge in [-0.2, -0.15) is 0 Å². The minimum atomic E-state index is -4.86. The zero-order valence-corrected chi connectivity index (χ0v) is 18.7. The molecule has 0 aliphatic heterocycles. The molecule has 0 spiro atoms. The van der Waals surface area contributed by atoms with Crippen molar-refractivity contribution in [3.8, 4) is 16.9 Å². The molecule has 0 heterocycles. The van der Waals surface area contributed by atoms with Crippen LogP contribution in [0.3, 0.4) is 0 Å². The lowest BCUT2D eigenvalue weighted by molar-refractivity contribution is -0.274. The molecule has 5 nitrogen and oxygen atoms in total. The molecule has 1 fully saturated rings. The fourth-order valence-corrected chi connectivity index (χ4v) is 6.53. The van der Waals surface area contributed by atoms with Gasteiger partial charge in [-0.25, -0.2) is 13.1 Å². The molecule has 0 bridgehead atoms. The first-order chi connectivity index (χ1) is 16.1. The zero-order valence-electron chi connectivity index (χ0n) is 17.9. The number of rotatable bonds is 5. The molecule has 178 valence electrons. The van der Waals surface area contributed by atoms with E-state index in [2.05, 4.69) is 33.7 Å². The van der Waals surface area contributed by atoms with Gasteiger partial charge in [-0.15, -0.1) is 13.2 Å². The fraction of sp³-hybridized carbons (Fsp3) is 0.280. The first-order valence-electron chi connectivity index (χ1n) is 10.9. The number of aliphatic hydroxyl groups is 1. The molecule has 2 N–H and O–H groups in total. The lowest BCUT2D eigenvalue weighted by Crippen LogP contribution is -2.42. The Hall–Kier alpha value is -2.88. The van der Waals surface area contributed by atoms with Gasteiger partial charge in [0.1, 0.15) is 5.75 Å². The number of alkyl halides is 3. The van der Waals surface area contributed by atoms with E-state index in [1.807, 2.05) is 24.3 Å². The van der Waals surface area contributed by atoms with Crippen molar-refractivity contribution < 1.29 is 31.4 Å². The Balaban J connectivity index is 1.35. The molecule has 0 aromatic heterocycles. The number of hydrogen-bond donors (Lipinski definition) is 2. The number of nitrogens with one attached hydrogen (secondary N) is 1. The second-order valence-corrected chi connectivity index (χ2v) is 10.3. The van der Waals surface area contributed by atoms with Gasteiger partial charge in [-0.05, 0) is 65.3 Å². The van der Waals surface area contributed by atoms with E-state index in [9.17, 15) is 26.7 Å². The van der Waals surface area contributed by atoms with Gasteiger partial charge in [0.15, 0.2) is 0 Å². The van der Waals surface area contributed by atoms with Gasteiger partial charge in [0.2, 0.25) is 10.0 Å². The maximum absolute atomic E-state index is 12.9. The van der Waals surface area contributed by atoms with Gasteiger partial charge >= 0.3 is 6.36 Å². The number of halogens is 3. The van der Waals surface area contributed by atoms with Crippen molar-refractivity contribution in [1.82, 2.24) is 4.72 Å². The lowest BCUT2D eigenvalue weighted by Gasteiger charge is -2.27. The summed E-state index contributed by atoms with van der Waals surface area (Å²) < 4.78 is 69.2. The second kappa shape index (κ2) is 8.41. The van der Waals surface area contributed by atoms with Crippen LogP contribution in [0.2, 0.25) is 0 Å². The summed E-state index contributed by atoms with van der Waals surface area (Å²) in [7, 11) is -4.05. The van der Waals surface area contributed by atoms with Crippen molar-refractivity contribution in [1.29, 1.82) is 0 Å². The van der Waals surface area contributed by atoms with E-state index in [0.717, 1.165) is 46.5 Å². The number of aliphatic hydroxyl groups excluding tert-OH is 1. The summed E-state index contributed by atoms with van der Waals surface area (Å²) in [6.07, 6.45) is -4.72. The number of ether oxygens (including phenoxy) is 1. The van der Waals surface area contributed by atoms with E-state index in [1.54, 1.807) is 0 Å². The molecule has 9 heteroatoms. The average molecular weight is 490 g/mol. The lowest BCUT2D eigenvalue weighted by atomic mass is 9.82. The van der Waals surface area contributed by atoms with Crippen LogP contribution < -0.4 is 9.46 Å². The SMILES string of the molecule is O=S(=O)(N[C@@H]1CCC(C2c3ccccc3-c3ccccc32)[C@H]1O)c1ccc(OC(F)(F)F)cc1. The van der Waals surface area contributed by atoms with Crippen molar-refractivity contribution in [3.05, 3.63) is 83.9 Å². The molecular weight excluding hydrogens is 467 g/mol. The smallest absolute Gasteiger partial charge is 0.406 e. The normalized spacial score (nSPS) is 22.4.